The predicted octanol–water partition coefficient (Wildman–Crippen LogP) is 2.38. The van der Waals surface area contributed by atoms with Crippen LogP contribution in [0.5, 0.6) is 0 Å². The Labute approximate surface area is 179 Å². The summed E-state index contributed by atoms with van der Waals surface area (Å²) in [7, 11) is 1.53. The molecule has 2 aromatic rings. The van der Waals surface area contributed by atoms with E-state index < -0.39 is 12.7 Å². The Morgan fingerprint density at radius 1 is 1.29 bits per heavy atom. The number of nitrogens with zero attached hydrogens (tertiary/aromatic N) is 5. The Bertz CT molecular complexity index is 986. The van der Waals surface area contributed by atoms with Gasteiger partial charge >= 0.3 is 0 Å². The average molecular weight is 425 g/mol. The SMILES string of the molecule is CC[C@H](Nc1cc(-c2cnc(NC(=O)C3CC3)cn2)cnc1C#N)C(=O)N(C)CCF. The van der Waals surface area contributed by atoms with Crippen LogP contribution in [0.2, 0.25) is 0 Å². The molecular formula is C21H24FN7O2. The number of nitriles is 1. The second-order valence-corrected chi connectivity index (χ2v) is 7.34. The number of nitrogens with one attached hydrogen (secondary N) is 2. The minimum Gasteiger partial charge on any atom is -0.371 e. The molecule has 0 saturated heterocycles. The number of hydrogen-bond acceptors (Lipinski definition) is 7. The Morgan fingerprint density at radius 2 is 2.06 bits per heavy atom. The van der Waals surface area contributed by atoms with Crippen molar-refractivity contribution in [1.29, 1.82) is 5.26 Å². The maximum atomic E-state index is 12.6. The van der Waals surface area contributed by atoms with Gasteiger partial charge < -0.3 is 15.5 Å². The summed E-state index contributed by atoms with van der Waals surface area (Å²) in [4.78, 5) is 38.4. The number of aromatic nitrogens is 3. The van der Waals surface area contributed by atoms with Gasteiger partial charge in [0.25, 0.3) is 0 Å². The molecule has 1 saturated carbocycles. The maximum Gasteiger partial charge on any atom is 0.244 e. The molecular weight excluding hydrogens is 401 g/mol. The zero-order chi connectivity index (χ0) is 22.4. The number of carbonyl (C=O) groups excluding carboxylic acids is 2. The molecule has 0 aliphatic heterocycles. The summed E-state index contributed by atoms with van der Waals surface area (Å²) in [5, 5.41) is 15.2. The van der Waals surface area contributed by atoms with Crippen molar-refractivity contribution in [3.63, 3.8) is 0 Å². The zero-order valence-corrected chi connectivity index (χ0v) is 17.4. The molecule has 0 aromatic carbocycles. The third kappa shape index (κ3) is 5.51. The lowest BCUT2D eigenvalue weighted by atomic mass is 10.1. The van der Waals surface area contributed by atoms with Crippen LogP contribution in [-0.4, -0.2) is 58.0 Å². The molecule has 0 unspecified atom stereocenters. The number of alkyl halides is 1. The molecule has 9 nitrogen and oxygen atoms in total. The predicted molar refractivity (Wildman–Crippen MR) is 113 cm³/mol. The molecule has 2 heterocycles. The number of amides is 2. The molecule has 2 aromatic heterocycles. The standard InChI is InChI=1S/C21H24FN7O2/c1-3-15(21(31)29(2)7-6-22)27-16-8-14(10-24-17(16)9-23)18-11-26-19(12-25-18)28-20(30)13-4-5-13/h8,10-13,15,27H,3-7H2,1-2H3,(H,26,28,30)/t15-/m0/s1. The van der Waals surface area contributed by atoms with E-state index in [4.69, 9.17) is 0 Å². The fourth-order valence-corrected chi connectivity index (χ4v) is 2.95. The highest BCUT2D eigenvalue weighted by molar-refractivity contribution is 5.93. The zero-order valence-electron chi connectivity index (χ0n) is 17.4. The highest BCUT2D eigenvalue weighted by Gasteiger charge is 2.29. The summed E-state index contributed by atoms with van der Waals surface area (Å²) in [6.45, 7) is 1.19. The van der Waals surface area contributed by atoms with Crippen molar-refractivity contribution >= 4 is 23.3 Å². The molecule has 0 spiro atoms. The van der Waals surface area contributed by atoms with E-state index in [-0.39, 0.29) is 30.0 Å². The molecule has 1 atom stereocenters. The second-order valence-electron chi connectivity index (χ2n) is 7.34. The number of pyridine rings is 1. The summed E-state index contributed by atoms with van der Waals surface area (Å²) < 4.78 is 12.6. The molecule has 1 aliphatic carbocycles. The topological polar surface area (TPSA) is 124 Å². The highest BCUT2D eigenvalue weighted by atomic mass is 19.1. The van der Waals surface area contributed by atoms with Gasteiger partial charge in [0.1, 0.15) is 18.8 Å². The van der Waals surface area contributed by atoms with E-state index in [1.54, 1.807) is 6.07 Å². The fourth-order valence-electron chi connectivity index (χ4n) is 2.95. The van der Waals surface area contributed by atoms with Crippen molar-refractivity contribution in [2.45, 2.75) is 32.2 Å². The van der Waals surface area contributed by atoms with Crippen LogP contribution in [0.15, 0.2) is 24.7 Å². The van der Waals surface area contributed by atoms with E-state index >= 15 is 0 Å². The molecule has 31 heavy (non-hydrogen) atoms. The van der Waals surface area contributed by atoms with Gasteiger partial charge in [0, 0.05) is 31.3 Å². The molecule has 2 amide bonds. The van der Waals surface area contributed by atoms with Gasteiger partial charge in [-0.05, 0) is 25.3 Å². The van der Waals surface area contributed by atoms with E-state index in [0.29, 0.717) is 29.2 Å². The summed E-state index contributed by atoms with van der Waals surface area (Å²) in [6, 6.07) is 3.04. The lowest BCUT2D eigenvalue weighted by Gasteiger charge is -2.24. The quantitative estimate of drug-likeness (QED) is 0.632. The van der Waals surface area contributed by atoms with Gasteiger partial charge in [-0.1, -0.05) is 6.92 Å². The van der Waals surface area contributed by atoms with Crippen LogP contribution in [-0.2, 0) is 9.59 Å². The number of halogens is 1. The lowest BCUT2D eigenvalue weighted by Crippen LogP contribution is -2.41. The number of anilines is 2. The maximum absolute atomic E-state index is 12.6. The van der Waals surface area contributed by atoms with Gasteiger partial charge in [0.2, 0.25) is 11.8 Å². The molecule has 2 N–H and O–H groups in total. The van der Waals surface area contributed by atoms with Crippen LogP contribution < -0.4 is 10.6 Å². The Kier molecular flexibility index (Phi) is 7.07. The van der Waals surface area contributed by atoms with Gasteiger partial charge in [-0.25, -0.2) is 14.4 Å². The van der Waals surface area contributed by atoms with Gasteiger partial charge in [0.05, 0.1) is 23.8 Å². The first-order chi connectivity index (χ1) is 15.0. The molecule has 10 heteroatoms. The van der Waals surface area contributed by atoms with E-state index in [9.17, 15) is 19.2 Å². The largest absolute Gasteiger partial charge is 0.371 e. The highest BCUT2D eigenvalue weighted by Crippen LogP contribution is 2.30. The van der Waals surface area contributed by atoms with E-state index in [0.717, 1.165) is 12.8 Å². The van der Waals surface area contributed by atoms with Crippen molar-refractivity contribution in [3.8, 4) is 17.3 Å². The molecule has 0 radical (unpaired) electrons. The van der Waals surface area contributed by atoms with Crippen molar-refractivity contribution in [1.82, 2.24) is 19.9 Å². The first-order valence-corrected chi connectivity index (χ1v) is 10.1. The van der Waals surface area contributed by atoms with E-state index in [1.807, 2.05) is 13.0 Å². The molecule has 3 rings (SSSR count). The van der Waals surface area contributed by atoms with Gasteiger partial charge in [-0.15, -0.1) is 0 Å². The fraction of sp³-hybridized carbons (Fsp3) is 0.429. The molecule has 1 aliphatic rings. The van der Waals surface area contributed by atoms with Gasteiger partial charge in [-0.2, -0.15) is 5.26 Å². The molecule has 0 bridgehead atoms. The minimum atomic E-state index is -0.633. The van der Waals surface area contributed by atoms with Crippen LogP contribution in [0.25, 0.3) is 11.3 Å². The first-order valence-electron chi connectivity index (χ1n) is 10.1. The van der Waals surface area contributed by atoms with E-state index in [1.165, 1.54) is 30.5 Å². The van der Waals surface area contributed by atoms with Crippen LogP contribution in [0.1, 0.15) is 31.9 Å². The normalized spacial score (nSPS) is 13.7. The minimum absolute atomic E-state index is 0.000364. The number of carbonyl (C=O) groups is 2. The molecule has 162 valence electrons. The number of likely N-dealkylation sites (N-methyl/N-ethyl adjacent to an activating group) is 1. The van der Waals surface area contributed by atoms with Crippen LogP contribution in [0, 0.1) is 17.2 Å². The summed E-state index contributed by atoms with van der Waals surface area (Å²) in [6.07, 6.45) is 6.70. The van der Waals surface area contributed by atoms with E-state index in [2.05, 4.69) is 25.6 Å². The van der Waals surface area contributed by atoms with Gasteiger partial charge in [0.15, 0.2) is 11.5 Å². The van der Waals surface area contributed by atoms with Crippen LogP contribution in [0.4, 0.5) is 15.9 Å². The van der Waals surface area contributed by atoms with Crippen molar-refractivity contribution in [2.75, 3.05) is 30.9 Å². The Hall–Kier alpha value is -3.61. The molecule has 1 fully saturated rings. The monoisotopic (exact) mass is 425 g/mol. The van der Waals surface area contributed by atoms with Crippen molar-refractivity contribution in [2.24, 2.45) is 5.92 Å². The lowest BCUT2D eigenvalue weighted by molar-refractivity contribution is -0.131. The third-order valence-electron chi connectivity index (χ3n) is 4.97. The second kappa shape index (κ2) is 9.93. The Morgan fingerprint density at radius 3 is 2.65 bits per heavy atom. The number of rotatable bonds is 9. The first kappa shape index (κ1) is 22.1. The van der Waals surface area contributed by atoms with Crippen LogP contribution >= 0.6 is 0 Å². The summed E-state index contributed by atoms with van der Waals surface area (Å²) >= 11 is 0. The summed E-state index contributed by atoms with van der Waals surface area (Å²) in [5.74, 6) is 0.107. The van der Waals surface area contributed by atoms with Crippen LogP contribution in [0.3, 0.4) is 0 Å². The summed E-state index contributed by atoms with van der Waals surface area (Å²) in [5.41, 5.74) is 1.60. The third-order valence-corrected chi connectivity index (χ3v) is 4.97. The van der Waals surface area contributed by atoms with Crippen molar-refractivity contribution < 1.29 is 14.0 Å². The number of hydrogen-bond donors (Lipinski definition) is 2. The smallest absolute Gasteiger partial charge is 0.244 e. The Balaban J connectivity index is 1.78. The average Bonchev–Trinajstić information content (AvgIpc) is 3.63. The van der Waals surface area contributed by atoms with Gasteiger partial charge in [-0.3, -0.25) is 14.6 Å². The van der Waals surface area contributed by atoms with Crippen molar-refractivity contribution in [3.05, 3.63) is 30.4 Å².